The average Bonchev–Trinajstić information content (AvgIpc) is 3.58. The molecule has 0 N–H and O–H groups in total. The third-order valence-electron chi connectivity index (χ3n) is 8.18. The van der Waals surface area contributed by atoms with E-state index in [-0.39, 0.29) is 30.4 Å². The van der Waals surface area contributed by atoms with Gasteiger partial charge in [0.1, 0.15) is 12.2 Å². The standard InChI is InChI=1S/C36H39NO4/c1-5-13-28(14-6-1)23-38-27-32-35(40-25-30-17-9-3-10-18-30)36(41-26-31-19-11-4-12-20-31)34-33(21-22-37(32)34)39-24-29-15-7-2-8-16-29/h1-20,32-36H,21-27H2/t32-,33-,34-,35-,36-/m1/s1. The molecule has 4 aromatic rings. The Morgan fingerprint density at radius 1 is 0.512 bits per heavy atom. The molecule has 2 aliphatic heterocycles. The van der Waals surface area contributed by atoms with E-state index in [9.17, 15) is 0 Å². The predicted molar refractivity (Wildman–Crippen MR) is 160 cm³/mol. The highest BCUT2D eigenvalue weighted by molar-refractivity contribution is 5.18. The van der Waals surface area contributed by atoms with Gasteiger partial charge in [-0.05, 0) is 28.7 Å². The van der Waals surface area contributed by atoms with Crippen LogP contribution in [0.25, 0.3) is 0 Å². The highest BCUT2D eigenvalue weighted by atomic mass is 16.6. The van der Waals surface area contributed by atoms with E-state index >= 15 is 0 Å². The maximum absolute atomic E-state index is 6.78. The first-order valence-corrected chi connectivity index (χ1v) is 14.7. The molecule has 2 saturated heterocycles. The van der Waals surface area contributed by atoms with Crippen LogP contribution in [0.2, 0.25) is 0 Å². The van der Waals surface area contributed by atoms with Crippen LogP contribution in [0.4, 0.5) is 0 Å². The maximum atomic E-state index is 6.78. The maximum Gasteiger partial charge on any atom is 0.104 e. The van der Waals surface area contributed by atoms with Gasteiger partial charge in [0.15, 0.2) is 0 Å². The first kappa shape index (κ1) is 27.8. The molecule has 2 aliphatic rings. The number of ether oxygens (including phenoxy) is 4. The van der Waals surface area contributed by atoms with Crippen molar-refractivity contribution in [2.75, 3.05) is 13.2 Å². The summed E-state index contributed by atoms with van der Waals surface area (Å²) in [6, 6.07) is 41.7. The van der Waals surface area contributed by atoms with E-state index in [4.69, 9.17) is 18.9 Å². The van der Waals surface area contributed by atoms with Crippen molar-refractivity contribution in [2.45, 2.75) is 63.2 Å². The van der Waals surface area contributed by atoms with Crippen molar-refractivity contribution in [3.63, 3.8) is 0 Å². The number of rotatable bonds is 13. The van der Waals surface area contributed by atoms with Crippen molar-refractivity contribution in [1.82, 2.24) is 4.90 Å². The van der Waals surface area contributed by atoms with Crippen LogP contribution in [-0.4, -0.2) is 48.4 Å². The fourth-order valence-corrected chi connectivity index (χ4v) is 6.15. The van der Waals surface area contributed by atoms with Crippen molar-refractivity contribution in [3.05, 3.63) is 144 Å². The summed E-state index contributed by atoms with van der Waals surface area (Å²) in [5, 5.41) is 0. The molecule has 0 aliphatic carbocycles. The third-order valence-corrected chi connectivity index (χ3v) is 8.18. The van der Waals surface area contributed by atoms with Gasteiger partial charge >= 0.3 is 0 Å². The Morgan fingerprint density at radius 2 is 0.951 bits per heavy atom. The normalized spacial score (nSPS) is 24.0. The molecule has 0 unspecified atom stereocenters. The minimum atomic E-state index is -0.150. The molecule has 212 valence electrons. The molecule has 6 rings (SSSR count). The van der Waals surface area contributed by atoms with Gasteiger partial charge in [-0.25, -0.2) is 0 Å². The van der Waals surface area contributed by atoms with Gasteiger partial charge in [0.2, 0.25) is 0 Å². The molecule has 4 aromatic carbocycles. The Balaban J connectivity index is 1.23. The molecule has 0 spiro atoms. The van der Waals surface area contributed by atoms with E-state index in [2.05, 4.69) is 102 Å². The van der Waals surface area contributed by atoms with Gasteiger partial charge in [-0.2, -0.15) is 0 Å². The van der Waals surface area contributed by atoms with Crippen molar-refractivity contribution in [2.24, 2.45) is 0 Å². The van der Waals surface area contributed by atoms with E-state index in [0.29, 0.717) is 33.0 Å². The molecule has 5 atom stereocenters. The van der Waals surface area contributed by atoms with Gasteiger partial charge in [-0.15, -0.1) is 0 Å². The molecule has 2 fully saturated rings. The molecule has 2 heterocycles. The van der Waals surface area contributed by atoms with Crippen molar-refractivity contribution in [1.29, 1.82) is 0 Å². The Bertz CT molecular complexity index is 1300. The van der Waals surface area contributed by atoms with Crippen molar-refractivity contribution < 1.29 is 18.9 Å². The zero-order valence-corrected chi connectivity index (χ0v) is 23.5. The number of hydrogen-bond donors (Lipinski definition) is 0. The summed E-state index contributed by atoms with van der Waals surface area (Å²) in [7, 11) is 0. The zero-order valence-electron chi connectivity index (χ0n) is 23.5. The Kier molecular flexibility index (Phi) is 9.53. The lowest BCUT2D eigenvalue weighted by atomic mass is 10.0. The second-order valence-electron chi connectivity index (χ2n) is 10.9. The fourth-order valence-electron chi connectivity index (χ4n) is 6.15. The summed E-state index contributed by atoms with van der Waals surface area (Å²) in [6.45, 7) is 3.73. The van der Waals surface area contributed by atoms with Crippen molar-refractivity contribution in [3.8, 4) is 0 Å². The van der Waals surface area contributed by atoms with E-state index in [0.717, 1.165) is 24.1 Å². The largest absolute Gasteiger partial charge is 0.375 e. The van der Waals surface area contributed by atoms with Crippen LogP contribution in [-0.2, 0) is 45.4 Å². The highest BCUT2D eigenvalue weighted by Gasteiger charge is 2.56. The SMILES string of the molecule is c1ccc(COC[C@@H]2[C@@H](OCc3ccccc3)[C@H](OCc3ccccc3)[C@H]3[C@H](OCc4ccccc4)CCN32)cc1. The fraction of sp³-hybridized carbons (Fsp3) is 0.333. The smallest absolute Gasteiger partial charge is 0.104 e. The first-order valence-electron chi connectivity index (χ1n) is 14.7. The average molecular weight is 550 g/mol. The van der Waals surface area contributed by atoms with Gasteiger partial charge < -0.3 is 18.9 Å². The molecule has 5 nitrogen and oxygen atoms in total. The second-order valence-corrected chi connectivity index (χ2v) is 10.9. The van der Waals surface area contributed by atoms with Crippen LogP contribution in [0.1, 0.15) is 28.7 Å². The first-order chi connectivity index (χ1) is 20.3. The molecular weight excluding hydrogens is 510 g/mol. The summed E-state index contributed by atoms with van der Waals surface area (Å²) in [5.74, 6) is 0. The van der Waals surface area contributed by atoms with Crippen LogP contribution in [0, 0.1) is 0 Å². The molecular formula is C36H39NO4. The molecule has 0 radical (unpaired) electrons. The lowest BCUT2D eigenvalue weighted by Gasteiger charge is -2.29. The van der Waals surface area contributed by atoms with Crippen molar-refractivity contribution >= 4 is 0 Å². The molecule has 41 heavy (non-hydrogen) atoms. The van der Waals surface area contributed by atoms with E-state index in [1.165, 1.54) is 11.1 Å². The summed E-state index contributed by atoms with van der Waals surface area (Å²) < 4.78 is 26.5. The molecule has 0 bridgehead atoms. The van der Waals surface area contributed by atoms with Crippen LogP contribution in [0.5, 0.6) is 0 Å². The van der Waals surface area contributed by atoms with E-state index in [1.807, 2.05) is 24.3 Å². The monoisotopic (exact) mass is 549 g/mol. The van der Waals surface area contributed by atoms with E-state index in [1.54, 1.807) is 0 Å². The number of benzene rings is 4. The minimum Gasteiger partial charge on any atom is -0.375 e. The summed E-state index contributed by atoms with van der Waals surface area (Å²) in [4.78, 5) is 2.53. The zero-order chi connectivity index (χ0) is 27.7. The van der Waals surface area contributed by atoms with Crippen LogP contribution >= 0.6 is 0 Å². The number of fused-ring (bicyclic) bond motifs is 1. The minimum absolute atomic E-state index is 0.0536. The van der Waals surface area contributed by atoms with Crippen LogP contribution in [0.3, 0.4) is 0 Å². The van der Waals surface area contributed by atoms with Crippen LogP contribution in [0.15, 0.2) is 121 Å². The molecule has 5 heteroatoms. The van der Waals surface area contributed by atoms with Crippen LogP contribution < -0.4 is 0 Å². The van der Waals surface area contributed by atoms with Gasteiger partial charge in [-0.3, -0.25) is 4.90 Å². The lowest BCUT2D eigenvalue weighted by Crippen LogP contribution is -2.42. The summed E-state index contributed by atoms with van der Waals surface area (Å²) in [5.41, 5.74) is 4.67. The van der Waals surface area contributed by atoms with Gasteiger partial charge in [0.25, 0.3) is 0 Å². The second kappa shape index (κ2) is 14.0. The summed E-state index contributed by atoms with van der Waals surface area (Å²) in [6.07, 6.45) is 0.719. The quantitative estimate of drug-likeness (QED) is 0.193. The Labute approximate surface area is 243 Å². The molecule has 0 aromatic heterocycles. The topological polar surface area (TPSA) is 40.2 Å². The molecule has 0 saturated carbocycles. The Morgan fingerprint density at radius 3 is 1.46 bits per heavy atom. The van der Waals surface area contributed by atoms with Gasteiger partial charge in [0, 0.05) is 6.54 Å². The summed E-state index contributed by atoms with van der Waals surface area (Å²) >= 11 is 0. The van der Waals surface area contributed by atoms with Gasteiger partial charge in [0.05, 0.1) is 51.2 Å². The number of nitrogens with zero attached hydrogens (tertiary/aromatic N) is 1. The van der Waals surface area contributed by atoms with Gasteiger partial charge in [-0.1, -0.05) is 121 Å². The van der Waals surface area contributed by atoms with E-state index < -0.39 is 0 Å². The highest BCUT2D eigenvalue weighted by Crippen LogP contribution is 2.39. The predicted octanol–water partition coefficient (Wildman–Crippen LogP) is 6.42. The number of hydrogen-bond acceptors (Lipinski definition) is 5. The third kappa shape index (κ3) is 7.13. The Hall–Kier alpha value is -3.32. The lowest BCUT2D eigenvalue weighted by molar-refractivity contribution is -0.101. The molecule has 0 amide bonds.